The first-order valence-corrected chi connectivity index (χ1v) is 5.54. The third-order valence-electron chi connectivity index (χ3n) is 2.40. The Morgan fingerprint density at radius 2 is 2.12 bits per heavy atom. The third kappa shape index (κ3) is 3.29. The van der Waals surface area contributed by atoms with Gasteiger partial charge >= 0.3 is 0 Å². The summed E-state index contributed by atoms with van der Waals surface area (Å²) in [5.41, 5.74) is 0.669. The molecule has 1 atom stereocenters. The summed E-state index contributed by atoms with van der Waals surface area (Å²) in [6, 6.07) is 3.36. The highest BCUT2D eigenvalue weighted by atomic mass is 35.5. The van der Waals surface area contributed by atoms with Gasteiger partial charge in [0.25, 0.3) is 0 Å². The molecule has 0 saturated carbocycles. The Hall–Kier alpha value is -1.37. The fourth-order valence-corrected chi connectivity index (χ4v) is 1.81. The highest BCUT2D eigenvalue weighted by molar-refractivity contribution is 6.32. The van der Waals surface area contributed by atoms with Crippen molar-refractivity contribution in [1.29, 1.82) is 0 Å². The average Bonchev–Trinajstić information content (AvgIpc) is 2.34. The topological polar surface area (TPSA) is 38.7 Å². The van der Waals surface area contributed by atoms with E-state index in [-0.39, 0.29) is 0 Å². The second-order valence-electron chi connectivity index (χ2n) is 3.50. The maximum Gasteiger partial charge on any atom is 0.179 e. The molecule has 0 aliphatic rings. The van der Waals surface area contributed by atoms with Gasteiger partial charge in [0.2, 0.25) is 0 Å². The number of ether oxygens (including phenoxy) is 2. The van der Waals surface area contributed by atoms with E-state index in [2.05, 4.69) is 5.92 Å². The van der Waals surface area contributed by atoms with Crippen LogP contribution in [-0.4, -0.2) is 19.3 Å². The molecule has 1 unspecified atom stereocenters. The quantitative estimate of drug-likeness (QED) is 0.822. The van der Waals surface area contributed by atoms with Gasteiger partial charge in [-0.15, -0.1) is 12.3 Å². The first-order chi connectivity index (χ1) is 8.13. The van der Waals surface area contributed by atoms with Crippen molar-refractivity contribution in [2.75, 3.05) is 14.2 Å². The fourth-order valence-electron chi connectivity index (χ4n) is 1.52. The molecule has 0 aromatic heterocycles. The molecular formula is C13H15ClO3. The van der Waals surface area contributed by atoms with Crippen LogP contribution in [0.2, 0.25) is 5.02 Å². The largest absolute Gasteiger partial charge is 0.493 e. The van der Waals surface area contributed by atoms with Crippen LogP contribution in [0.1, 0.15) is 24.5 Å². The number of aliphatic hydroxyl groups is 1. The number of halogens is 1. The summed E-state index contributed by atoms with van der Waals surface area (Å²) in [6.07, 6.45) is 5.50. The summed E-state index contributed by atoms with van der Waals surface area (Å²) < 4.78 is 10.3. The molecule has 17 heavy (non-hydrogen) atoms. The van der Waals surface area contributed by atoms with Crippen LogP contribution in [0.15, 0.2) is 12.1 Å². The van der Waals surface area contributed by atoms with Crippen molar-refractivity contribution in [3.05, 3.63) is 22.7 Å². The lowest BCUT2D eigenvalue weighted by Crippen LogP contribution is -1.99. The van der Waals surface area contributed by atoms with Crippen molar-refractivity contribution in [2.45, 2.75) is 18.9 Å². The van der Waals surface area contributed by atoms with Gasteiger partial charge < -0.3 is 14.6 Å². The minimum atomic E-state index is -0.650. The minimum Gasteiger partial charge on any atom is -0.493 e. The SMILES string of the molecule is C#CCCC(O)c1cc(Cl)c(OC)c(OC)c1. The zero-order valence-electron chi connectivity index (χ0n) is 9.87. The van der Waals surface area contributed by atoms with Crippen molar-refractivity contribution >= 4 is 11.6 Å². The average molecular weight is 255 g/mol. The Bertz CT molecular complexity index is 423. The van der Waals surface area contributed by atoms with E-state index in [4.69, 9.17) is 27.5 Å². The van der Waals surface area contributed by atoms with Crippen molar-refractivity contribution < 1.29 is 14.6 Å². The summed E-state index contributed by atoms with van der Waals surface area (Å²) in [7, 11) is 3.03. The van der Waals surface area contributed by atoms with Gasteiger partial charge in [-0.05, 0) is 24.1 Å². The van der Waals surface area contributed by atoms with Gasteiger partial charge in [-0.2, -0.15) is 0 Å². The van der Waals surface area contributed by atoms with Crippen LogP contribution < -0.4 is 9.47 Å². The van der Waals surface area contributed by atoms with Crippen LogP contribution in [0.3, 0.4) is 0 Å². The Morgan fingerprint density at radius 1 is 1.41 bits per heavy atom. The van der Waals surface area contributed by atoms with Crippen LogP contribution >= 0.6 is 11.6 Å². The van der Waals surface area contributed by atoms with Gasteiger partial charge in [0.05, 0.1) is 25.3 Å². The zero-order valence-corrected chi connectivity index (χ0v) is 10.6. The molecule has 3 nitrogen and oxygen atoms in total. The maximum atomic E-state index is 9.91. The highest BCUT2D eigenvalue weighted by Crippen LogP contribution is 2.38. The zero-order chi connectivity index (χ0) is 12.8. The molecule has 0 aliphatic heterocycles. The van der Waals surface area contributed by atoms with Gasteiger partial charge in [0.15, 0.2) is 11.5 Å². The van der Waals surface area contributed by atoms with Crippen molar-refractivity contribution in [2.24, 2.45) is 0 Å². The lowest BCUT2D eigenvalue weighted by Gasteiger charge is -2.14. The Balaban J connectivity index is 3.03. The summed E-state index contributed by atoms with van der Waals surface area (Å²) in [5.74, 6) is 3.44. The number of rotatable bonds is 5. The summed E-state index contributed by atoms with van der Waals surface area (Å²) >= 11 is 6.04. The molecule has 1 aromatic carbocycles. The van der Waals surface area contributed by atoms with E-state index in [1.54, 1.807) is 12.1 Å². The number of aliphatic hydroxyl groups excluding tert-OH is 1. The molecule has 0 fully saturated rings. The first-order valence-electron chi connectivity index (χ1n) is 5.17. The molecular weight excluding hydrogens is 240 g/mol. The molecule has 1 rings (SSSR count). The lowest BCUT2D eigenvalue weighted by atomic mass is 10.0. The molecule has 1 aromatic rings. The van der Waals surface area contributed by atoms with Crippen molar-refractivity contribution in [1.82, 2.24) is 0 Å². The summed E-state index contributed by atoms with van der Waals surface area (Å²) in [5, 5.41) is 10.3. The van der Waals surface area contributed by atoms with Crippen molar-refractivity contribution in [3.8, 4) is 23.8 Å². The number of terminal acetylenes is 1. The molecule has 1 N–H and O–H groups in total. The van der Waals surface area contributed by atoms with E-state index < -0.39 is 6.10 Å². The van der Waals surface area contributed by atoms with Gasteiger partial charge in [-0.1, -0.05) is 11.6 Å². The summed E-state index contributed by atoms with van der Waals surface area (Å²) in [6.45, 7) is 0. The third-order valence-corrected chi connectivity index (χ3v) is 2.68. The smallest absolute Gasteiger partial charge is 0.179 e. The van der Waals surface area contributed by atoms with E-state index in [9.17, 15) is 5.11 Å². The van der Waals surface area contributed by atoms with Crippen LogP contribution in [0.5, 0.6) is 11.5 Å². The van der Waals surface area contributed by atoms with Gasteiger partial charge in [0.1, 0.15) is 0 Å². The second-order valence-corrected chi connectivity index (χ2v) is 3.90. The minimum absolute atomic E-state index is 0.404. The molecule has 0 aliphatic carbocycles. The Labute approximate surface area is 106 Å². The number of hydrogen-bond donors (Lipinski definition) is 1. The van der Waals surface area contributed by atoms with Gasteiger partial charge in [-0.25, -0.2) is 0 Å². The van der Waals surface area contributed by atoms with Crippen LogP contribution in [0.25, 0.3) is 0 Å². The molecule has 0 amide bonds. The van der Waals surface area contributed by atoms with Crippen LogP contribution in [0.4, 0.5) is 0 Å². The van der Waals surface area contributed by atoms with E-state index in [0.717, 1.165) is 0 Å². The highest BCUT2D eigenvalue weighted by Gasteiger charge is 2.15. The predicted octanol–water partition coefficient (Wildman–Crippen LogP) is 2.80. The van der Waals surface area contributed by atoms with Crippen LogP contribution in [0, 0.1) is 12.3 Å². The predicted molar refractivity (Wildman–Crippen MR) is 67.6 cm³/mol. The normalized spacial score (nSPS) is 11.7. The first kappa shape index (κ1) is 13.7. The molecule has 0 bridgehead atoms. The lowest BCUT2D eigenvalue weighted by molar-refractivity contribution is 0.169. The standard InChI is InChI=1S/C13H15ClO3/c1-4-5-6-11(15)9-7-10(14)13(17-3)12(8-9)16-2/h1,7-8,11,15H,5-6H2,2-3H3. The monoisotopic (exact) mass is 254 g/mol. The molecule has 0 saturated heterocycles. The Morgan fingerprint density at radius 3 is 2.65 bits per heavy atom. The number of hydrogen-bond acceptors (Lipinski definition) is 3. The second kappa shape index (κ2) is 6.39. The molecule has 0 spiro atoms. The summed E-state index contributed by atoms with van der Waals surface area (Å²) in [4.78, 5) is 0. The fraction of sp³-hybridized carbons (Fsp3) is 0.385. The van der Waals surface area contributed by atoms with Crippen molar-refractivity contribution in [3.63, 3.8) is 0 Å². The number of methoxy groups -OCH3 is 2. The van der Waals surface area contributed by atoms with E-state index in [0.29, 0.717) is 34.9 Å². The molecule has 0 radical (unpaired) electrons. The molecule has 0 heterocycles. The molecule has 4 heteroatoms. The van der Waals surface area contributed by atoms with E-state index in [1.165, 1.54) is 14.2 Å². The van der Waals surface area contributed by atoms with E-state index in [1.807, 2.05) is 0 Å². The Kier molecular flexibility index (Phi) is 5.14. The molecule has 92 valence electrons. The van der Waals surface area contributed by atoms with Crippen LogP contribution in [-0.2, 0) is 0 Å². The van der Waals surface area contributed by atoms with Gasteiger partial charge in [-0.3, -0.25) is 0 Å². The van der Waals surface area contributed by atoms with Gasteiger partial charge in [0, 0.05) is 6.42 Å². The number of benzene rings is 1. The van der Waals surface area contributed by atoms with E-state index >= 15 is 0 Å². The maximum absolute atomic E-state index is 9.91.